The second-order valence-corrected chi connectivity index (χ2v) is 2.74. The van der Waals surface area contributed by atoms with Gasteiger partial charge in [-0.05, 0) is 24.1 Å². The average molecular weight is 174 g/mol. The second-order valence-electron chi connectivity index (χ2n) is 2.74. The average Bonchev–Trinajstić information content (AvgIpc) is 2.20. The quantitative estimate of drug-likeness (QED) is 0.639. The van der Waals surface area contributed by atoms with Gasteiger partial charge in [-0.25, -0.2) is 0 Å². The van der Waals surface area contributed by atoms with Crippen LogP contribution in [0.3, 0.4) is 0 Å². The van der Waals surface area contributed by atoms with Crippen LogP contribution in [0.4, 0.5) is 0 Å². The van der Waals surface area contributed by atoms with Crippen molar-refractivity contribution < 1.29 is 4.74 Å². The first-order valence-corrected chi connectivity index (χ1v) is 4.35. The number of methoxy groups -OCH3 is 1. The minimum absolute atomic E-state index is 0.874. The summed E-state index contributed by atoms with van der Waals surface area (Å²) in [6.07, 6.45) is 0.941. The van der Waals surface area contributed by atoms with Crippen LogP contribution in [0.5, 0.6) is 5.75 Å². The monoisotopic (exact) mass is 174 g/mol. The molecule has 0 aliphatic carbocycles. The molecule has 0 N–H and O–H groups in total. The van der Waals surface area contributed by atoms with E-state index in [4.69, 9.17) is 4.74 Å². The molecule has 0 saturated heterocycles. The van der Waals surface area contributed by atoms with E-state index in [9.17, 15) is 0 Å². The van der Waals surface area contributed by atoms with Crippen molar-refractivity contribution in [2.45, 2.75) is 13.3 Å². The maximum absolute atomic E-state index is 5.13. The molecule has 0 unspecified atom stereocenters. The molecule has 0 radical (unpaired) electrons. The van der Waals surface area contributed by atoms with E-state index in [0.29, 0.717) is 0 Å². The van der Waals surface area contributed by atoms with Gasteiger partial charge < -0.3 is 4.74 Å². The Morgan fingerprint density at radius 2 is 2.31 bits per heavy atom. The standard InChI is InChI=1S/C12H14O/c1-4-10(5-2)11-7-6-8-12(9-11)13-3/h6-9H,1,5H2,2-3H3. The van der Waals surface area contributed by atoms with Gasteiger partial charge in [0.15, 0.2) is 0 Å². The van der Waals surface area contributed by atoms with E-state index in [0.717, 1.165) is 23.3 Å². The summed E-state index contributed by atoms with van der Waals surface area (Å²) in [6.45, 7) is 5.75. The molecule has 0 fully saturated rings. The smallest absolute Gasteiger partial charge is 0.119 e. The lowest BCUT2D eigenvalue weighted by Gasteiger charge is -2.04. The highest BCUT2D eigenvalue weighted by Crippen LogP contribution is 2.20. The highest BCUT2D eigenvalue weighted by molar-refractivity contribution is 5.65. The molecular weight excluding hydrogens is 160 g/mol. The van der Waals surface area contributed by atoms with Crippen LogP contribution in [0.2, 0.25) is 0 Å². The first kappa shape index (κ1) is 9.63. The van der Waals surface area contributed by atoms with Gasteiger partial charge in [-0.2, -0.15) is 0 Å². The van der Waals surface area contributed by atoms with E-state index in [1.54, 1.807) is 7.11 Å². The lowest BCUT2D eigenvalue weighted by atomic mass is 10.0. The van der Waals surface area contributed by atoms with Gasteiger partial charge >= 0.3 is 0 Å². The largest absolute Gasteiger partial charge is 0.497 e. The molecule has 0 spiro atoms. The van der Waals surface area contributed by atoms with E-state index < -0.39 is 0 Å². The summed E-state index contributed by atoms with van der Waals surface area (Å²) in [5, 5.41) is 0. The molecule has 68 valence electrons. The Kier molecular flexibility index (Phi) is 3.36. The molecule has 0 aromatic heterocycles. The summed E-state index contributed by atoms with van der Waals surface area (Å²) >= 11 is 0. The Bertz CT molecular complexity index is 333. The highest BCUT2D eigenvalue weighted by atomic mass is 16.5. The van der Waals surface area contributed by atoms with Crippen LogP contribution < -0.4 is 4.74 Å². The van der Waals surface area contributed by atoms with Gasteiger partial charge in [-0.1, -0.05) is 25.6 Å². The van der Waals surface area contributed by atoms with Crippen LogP contribution in [-0.4, -0.2) is 7.11 Å². The number of hydrogen-bond donors (Lipinski definition) is 0. The van der Waals surface area contributed by atoms with Crippen molar-refractivity contribution in [3.05, 3.63) is 42.1 Å². The summed E-state index contributed by atoms with van der Waals surface area (Å²) in [5.74, 6) is 0.874. The van der Waals surface area contributed by atoms with Gasteiger partial charge in [0.05, 0.1) is 7.11 Å². The van der Waals surface area contributed by atoms with Crippen LogP contribution in [0.15, 0.2) is 36.6 Å². The number of hydrogen-bond acceptors (Lipinski definition) is 1. The maximum Gasteiger partial charge on any atom is 0.119 e. The molecule has 13 heavy (non-hydrogen) atoms. The van der Waals surface area contributed by atoms with Crippen molar-refractivity contribution in [3.8, 4) is 5.75 Å². The summed E-state index contributed by atoms with van der Waals surface area (Å²) in [7, 11) is 1.67. The molecule has 0 aliphatic rings. The molecule has 0 bridgehead atoms. The van der Waals surface area contributed by atoms with Crippen LogP contribution in [-0.2, 0) is 0 Å². The normalized spacial score (nSPS) is 9.08. The van der Waals surface area contributed by atoms with E-state index in [1.165, 1.54) is 0 Å². The molecule has 0 heterocycles. The predicted molar refractivity (Wildman–Crippen MR) is 55.8 cm³/mol. The van der Waals surface area contributed by atoms with Gasteiger partial charge in [-0.3, -0.25) is 0 Å². The zero-order chi connectivity index (χ0) is 9.68. The lowest BCUT2D eigenvalue weighted by molar-refractivity contribution is 0.414. The van der Waals surface area contributed by atoms with Crippen LogP contribution in [0, 0.1) is 0 Å². The first-order chi connectivity index (χ1) is 6.31. The molecule has 0 atom stereocenters. The summed E-state index contributed by atoms with van der Waals surface area (Å²) < 4.78 is 5.13. The van der Waals surface area contributed by atoms with Crippen molar-refractivity contribution >= 4 is 5.57 Å². The van der Waals surface area contributed by atoms with E-state index in [2.05, 4.69) is 19.2 Å². The Morgan fingerprint density at radius 3 is 2.85 bits per heavy atom. The lowest BCUT2D eigenvalue weighted by Crippen LogP contribution is -1.85. The minimum atomic E-state index is 0.874. The molecular formula is C12H14O. The van der Waals surface area contributed by atoms with E-state index in [1.807, 2.05) is 24.3 Å². The SMILES string of the molecule is C=C=C(CC)c1cccc(OC)c1. The number of rotatable bonds is 3. The Morgan fingerprint density at radius 1 is 1.54 bits per heavy atom. The predicted octanol–water partition coefficient (Wildman–Crippen LogP) is 3.27. The van der Waals surface area contributed by atoms with Crippen LogP contribution in [0.25, 0.3) is 5.57 Å². The van der Waals surface area contributed by atoms with Gasteiger partial charge in [0.1, 0.15) is 5.75 Å². The highest BCUT2D eigenvalue weighted by Gasteiger charge is 1.98. The Labute approximate surface area is 79.4 Å². The fourth-order valence-electron chi connectivity index (χ4n) is 1.24. The molecule has 0 saturated carbocycles. The van der Waals surface area contributed by atoms with E-state index >= 15 is 0 Å². The summed E-state index contributed by atoms with van der Waals surface area (Å²) in [5.41, 5.74) is 5.19. The van der Waals surface area contributed by atoms with Crippen molar-refractivity contribution in [1.29, 1.82) is 0 Å². The second kappa shape index (κ2) is 4.54. The van der Waals surface area contributed by atoms with Crippen LogP contribution >= 0.6 is 0 Å². The van der Waals surface area contributed by atoms with Crippen LogP contribution in [0.1, 0.15) is 18.9 Å². The van der Waals surface area contributed by atoms with Crippen molar-refractivity contribution in [2.75, 3.05) is 7.11 Å². The topological polar surface area (TPSA) is 9.23 Å². The minimum Gasteiger partial charge on any atom is -0.497 e. The van der Waals surface area contributed by atoms with Crippen molar-refractivity contribution in [1.82, 2.24) is 0 Å². The third-order valence-corrected chi connectivity index (χ3v) is 1.99. The number of allylic oxidation sites excluding steroid dienone is 1. The molecule has 1 aromatic carbocycles. The zero-order valence-corrected chi connectivity index (χ0v) is 8.13. The molecule has 1 aromatic rings. The number of ether oxygens (including phenoxy) is 1. The zero-order valence-electron chi connectivity index (χ0n) is 8.13. The van der Waals surface area contributed by atoms with E-state index in [-0.39, 0.29) is 0 Å². The van der Waals surface area contributed by atoms with Crippen molar-refractivity contribution in [3.63, 3.8) is 0 Å². The maximum atomic E-state index is 5.13. The Balaban J connectivity index is 3.07. The van der Waals surface area contributed by atoms with Gasteiger partial charge in [0, 0.05) is 5.57 Å². The molecule has 1 rings (SSSR count). The fourth-order valence-corrected chi connectivity index (χ4v) is 1.24. The third-order valence-electron chi connectivity index (χ3n) is 1.99. The summed E-state index contributed by atoms with van der Waals surface area (Å²) in [4.78, 5) is 0. The van der Waals surface area contributed by atoms with Gasteiger partial charge in [0.25, 0.3) is 0 Å². The first-order valence-electron chi connectivity index (χ1n) is 4.35. The fraction of sp³-hybridized carbons (Fsp3) is 0.250. The molecule has 0 aliphatic heterocycles. The molecule has 0 amide bonds. The molecule has 1 nitrogen and oxygen atoms in total. The van der Waals surface area contributed by atoms with Gasteiger partial charge in [-0.15, -0.1) is 5.73 Å². The molecule has 1 heteroatoms. The van der Waals surface area contributed by atoms with Crippen molar-refractivity contribution in [2.24, 2.45) is 0 Å². The summed E-state index contributed by atoms with van der Waals surface area (Å²) in [6, 6.07) is 7.94. The number of benzene rings is 1. The third kappa shape index (κ3) is 2.24. The Hall–Kier alpha value is -1.46. The van der Waals surface area contributed by atoms with Gasteiger partial charge in [0.2, 0.25) is 0 Å².